The lowest BCUT2D eigenvalue weighted by Gasteiger charge is -2.30. The van der Waals surface area contributed by atoms with Crippen LogP contribution in [0.3, 0.4) is 0 Å². The van der Waals surface area contributed by atoms with Gasteiger partial charge in [0.15, 0.2) is 11.6 Å². The van der Waals surface area contributed by atoms with Gasteiger partial charge in [-0.25, -0.2) is 13.6 Å². The predicted molar refractivity (Wildman–Crippen MR) is 108 cm³/mol. The molecule has 0 aliphatic carbocycles. The van der Waals surface area contributed by atoms with Crippen molar-refractivity contribution >= 4 is 11.7 Å². The number of nitrogens with zero attached hydrogens (tertiary/aromatic N) is 2. The molecule has 7 heteroatoms. The number of carbonyl (C=O) groups is 1. The van der Waals surface area contributed by atoms with E-state index in [2.05, 4.69) is 22.5 Å². The van der Waals surface area contributed by atoms with Crippen LogP contribution in [0, 0.1) is 23.5 Å². The van der Waals surface area contributed by atoms with E-state index in [9.17, 15) is 13.6 Å². The summed E-state index contributed by atoms with van der Waals surface area (Å²) in [6, 6.07) is 3.87. The van der Waals surface area contributed by atoms with Crippen molar-refractivity contribution < 1.29 is 13.6 Å². The maximum absolute atomic E-state index is 13.4. The van der Waals surface area contributed by atoms with Gasteiger partial charge in [0, 0.05) is 37.9 Å². The molecule has 0 saturated carbocycles. The van der Waals surface area contributed by atoms with Gasteiger partial charge in [-0.3, -0.25) is 0 Å². The second-order valence-electron chi connectivity index (χ2n) is 8.21. The van der Waals surface area contributed by atoms with Crippen molar-refractivity contribution in [1.82, 2.24) is 15.5 Å². The molecule has 1 aromatic rings. The number of likely N-dealkylation sites (tertiary alicyclic amines) is 1. The van der Waals surface area contributed by atoms with Gasteiger partial charge in [0.1, 0.15) is 0 Å². The van der Waals surface area contributed by atoms with Crippen molar-refractivity contribution in [2.45, 2.75) is 32.6 Å². The summed E-state index contributed by atoms with van der Waals surface area (Å²) in [5.41, 5.74) is 0.693. The number of hydrogen-bond donors (Lipinski definition) is 2. The Morgan fingerprint density at radius 2 is 1.89 bits per heavy atom. The van der Waals surface area contributed by atoms with E-state index in [1.807, 2.05) is 4.90 Å². The van der Waals surface area contributed by atoms with Crippen molar-refractivity contribution in [2.75, 3.05) is 50.7 Å². The number of amides is 2. The lowest BCUT2D eigenvalue weighted by atomic mass is 9.99. The lowest BCUT2D eigenvalue weighted by Crippen LogP contribution is -2.40. The Hall–Kier alpha value is -1.89. The Bertz CT molecular complexity index is 649. The van der Waals surface area contributed by atoms with E-state index in [4.69, 9.17) is 0 Å². The predicted octanol–water partition coefficient (Wildman–Crippen LogP) is 3.21. The molecule has 0 aromatic heterocycles. The number of halogens is 2. The summed E-state index contributed by atoms with van der Waals surface area (Å²) >= 11 is 0. The van der Waals surface area contributed by atoms with Crippen LogP contribution in [0.15, 0.2) is 18.2 Å². The Morgan fingerprint density at radius 3 is 2.64 bits per heavy atom. The van der Waals surface area contributed by atoms with Crippen LogP contribution in [-0.2, 0) is 0 Å². The topological polar surface area (TPSA) is 47.6 Å². The molecule has 2 aliphatic heterocycles. The highest BCUT2D eigenvalue weighted by atomic mass is 19.2. The number of carbonyl (C=O) groups excluding carboxylic acids is 1. The molecule has 3 rings (SSSR count). The molecule has 156 valence electrons. The van der Waals surface area contributed by atoms with E-state index in [0.717, 1.165) is 44.5 Å². The molecular weight excluding hydrogens is 362 g/mol. The largest absolute Gasteiger partial charge is 0.371 e. The quantitative estimate of drug-likeness (QED) is 0.698. The average Bonchev–Trinajstić information content (AvgIpc) is 3.16. The molecule has 0 spiro atoms. The molecule has 2 heterocycles. The van der Waals surface area contributed by atoms with Crippen LogP contribution in [0.25, 0.3) is 0 Å². The monoisotopic (exact) mass is 394 g/mol. The van der Waals surface area contributed by atoms with Crippen LogP contribution in [0.5, 0.6) is 0 Å². The van der Waals surface area contributed by atoms with Crippen LogP contribution in [0.2, 0.25) is 0 Å². The van der Waals surface area contributed by atoms with Crippen molar-refractivity contribution in [3.63, 3.8) is 0 Å². The highest BCUT2D eigenvalue weighted by Gasteiger charge is 2.23. The maximum Gasteiger partial charge on any atom is 0.314 e. The summed E-state index contributed by atoms with van der Waals surface area (Å²) in [6.07, 6.45) is 4.44. The lowest BCUT2D eigenvalue weighted by molar-refractivity contribution is 0.190. The number of benzene rings is 1. The normalized spacial score (nSPS) is 21.1. The zero-order valence-corrected chi connectivity index (χ0v) is 16.7. The minimum atomic E-state index is -0.826. The third-order valence-corrected chi connectivity index (χ3v) is 5.92. The average molecular weight is 395 g/mol. The SMILES string of the molecule is CC1CCN(CCCNC(=O)NCC2CCN(c3ccc(F)c(F)c3)C2)CC1. The van der Waals surface area contributed by atoms with Gasteiger partial charge in [-0.2, -0.15) is 0 Å². The fourth-order valence-corrected chi connectivity index (χ4v) is 4.01. The van der Waals surface area contributed by atoms with Gasteiger partial charge in [-0.05, 0) is 69.3 Å². The highest BCUT2D eigenvalue weighted by Crippen LogP contribution is 2.25. The molecule has 1 unspecified atom stereocenters. The van der Waals surface area contributed by atoms with Crippen molar-refractivity contribution in [2.24, 2.45) is 11.8 Å². The first-order valence-electron chi connectivity index (χ1n) is 10.5. The molecule has 2 aliphatic rings. The second kappa shape index (κ2) is 10.0. The van der Waals surface area contributed by atoms with Crippen LogP contribution >= 0.6 is 0 Å². The van der Waals surface area contributed by atoms with Gasteiger partial charge in [0.2, 0.25) is 0 Å². The van der Waals surface area contributed by atoms with Gasteiger partial charge >= 0.3 is 6.03 Å². The summed E-state index contributed by atoms with van der Waals surface area (Å²) in [7, 11) is 0. The Kier molecular flexibility index (Phi) is 7.48. The van der Waals surface area contributed by atoms with Gasteiger partial charge < -0.3 is 20.4 Å². The summed E-state index contributed by atoms with van der Waals surface area (Å²) in [5, 5.41) is 5.87. The fourth-order valence-electron chi connectivity index (χ4n) is 4.01. The maximum atomic E-state index is 13.4. The summed E-state index contributed by atoms with van der Waals surface area (Å²) in [5.74, 6) is -0.492. The molecule has 2 N–H and O–H groups in total. The fraction of sp³-hybridized carbons (Fsp3) is 0.667. The number of hydrogen-bond acceptors (Lipinski definition) is 3. The minimum Gasteiger partial charge on any atom is -0.371 e. The number of anilines is 1. The minimum absolute atomic E-state index is 0.126. The molecule has 5 nitrogen and oxygen atoms in total. The molecule has 1 atom stereocenters. The second-order valence-corrected chi connectivity index (χ2v) is 8.21. The van der Waals surface area contributed by atoms with E-state index in [0.29, 0.717) is 24.7 Å². The van der Waals surface area contributed by atoms with E-state index < -0.39 is 11.6 Å². The van der Waals surface area contributed by atoms with Crippen molar-refractivity contribution in [3.8, 4) is 0 Å². The zero-order valence-electron chi connectivity index (χ0n) is 16.7. The third-order valence-electron chi connectivity index (χ3n) is 5.92. The summed E-state index contributed by atoms with van der Waals surface area (Å²) in [6.45, 7) is 8.49. The van der Waals surface area contributed by atoms with Gasteiger partial charge in [0.05, 0.1) is 0 Å². The molecule has 2 amide bonds. The van der Waals surface area contributed by atoms with Gasteiger partial charge in [0.25, 0.3) is 0 Å². The molecule has 2 fully saturated rings. The van der Waals surface area contributed by atoms with Crippen LogP contribution in [0.4, 0.5) is 19.3 Å². The van der Waals surface area contributed by atoms with Crippen molar-refractivity contribution in [3.05, 3.63) is 29.8 Å². The molecule has 28 heavy (non-hydrogen) atoms. The van der Waals surface area contributed by atoms with E-state index in [-0.39, 0.29) is 6.03 Å². The Morgan fingerprint density at radius 1 is 1.11 bits per heavy atom. The Balaban J connectivity index is 1.28. The number of rotatable bonds is 7. The zero-order chi connectivity index (χ0) is 19.9. The molecule has 0 bridgehead atoms. The number of nitrogens with one attached hydrogen (secondary N) is 2. The first-order chi connectivity index (χ1) is 13.5. The van der Waals surface area contributed by atoms with E-state index in [1.165, 1.54) is 32.0 Å². The molecule has 0 radical (unpaired) electrons. The van der Waals surface area contributed by atoms with Crippen LogP contribution in [-0.4, -0.2) is 56.7 Å². The number of piperidine rings is 1. The molecule has 2 saturated heterocycles. The third kappa shape index (κ3) is 6.06. The Labute approximate surface area is 166 Å². The van der Waals surface area contributed by atoms with E-state index in [1.54, 1.807) is 6.07 Å². The highest BCUT2D eigenvalue weighted by molar-refractivity contribution is 5.73. The van der Waals surface area contributed by atoms with Crippen LogP contribution in [0.1, 0.15) is 32.6 Å². The first-order valence-corrected chi connectivity index (χ1v) is 10.5. The molecular formula is C21H32F2N4O. The smallest absolute Gasteiger partial charge is 0.314 e. The standard InChI is InChI=1S/C21H32F2N4O/c1-16-5-10-26(11-6-16)9-2-8-24-21(28)25-14-17-7-12-27(15-17)18-3-4-19(22)20(23)13-18/h3-4,13,16-17H,2,5-12,14-15H2,1H3,(H2,24,25,28). The molecule has 1 aromatic carbocycles. The summed E-state index contributed by atoms with van der Waals surface area (Å²) < 4.78 is 26.5. The van der Waals surface area contributed by atoms with Gasteiger partial charge in [-0.15, -0.1) is 0 Å². The first kappa shape index (κ1) is 20.8. The van der Waals surface area contributed by atoms with Crippen LogP contribution < -0.4 is 15.5 Å². The van der Waals surface area contributed by atoms with Crippen molar-refractivity contribution in [1.29, 1.82) is 0 Å². The number of urea groups is 1. The summed E-state index contributed by atoms with van der Waals surface area (Å²) in [4.78, 5) is 16.5. The van der Waals surface area contributed by atoms with Gasteiger partial charge in [-0.1, -0.05) is 6.92 Å². The van der Waals surface area contributed by atoms with E-state index >= 15 is 0 Å².